The zero-order valence-corrected chi connectivity index (χ0v) is 62.5. The van der Waals surface area contributed by atoms with Crippen molar-refractivity contribution in [3.8, 4) is 22.9 Å². The molecule has 0 unspecified atom stereocenters. The molecule has 104 heavy (non-hydrogen) atoms. The Morgan fingerprint density at radius 1 is 0.433 bits per heavy atom. The molecule has 12 aromatic rings. The van der Waals surface area contributed by atoms with Crippen molar-refractivity contribution in [3.05, 3.63) is 265 Å². The van der Waals surface area contributed by atoms with Crippen LogP contribution in [0.1, 0.15) is 202 Å². The van der Waals surface area contributed by atoms with Crippen molar-refractivity contribution in [1.29, 1.82) is 0 Å². The molecule has 0 amide bonds. The fourth-order valence-electron chi connectivity index (χ4n) is 14.6. The molecule has 0 spiro atoms. The van der Waals surface area contributed by atoms with Gasteiger partial charge in [0, 0.05) is 81.8 Å². The van der Waals surface area contributed by atoms with E-state index in [9.17, 15) is 0 Å². The Morgan fingerprint density at radius 2 is 0.856 bits per heavy atom. The van der Waals surface area contributed by atoms with E-state index in [2.05, 4.69) is 210 Å². The highest BCUT2D eigenvalue weighted by molar-refractivity contribution is 7.14. The molecular formula is C92H96BF2N5O2S2. The first kappa shape index (κ1) is 72.7. The van der Waals surface area contributed by atoms with Crippen LogP contribution in [0.2, 0.25) is 0 Å². The summed E-state index contributed by atoms with van der Waals surface area (Å²) in [4.78, 5) is 13.7. The number of allylic oxidation sites excluding steroid dienone is 3. The largest absolute Gasteiger partial charge is 0.678 e. The molecular weight excluding hydrogens is 1320 g/mol. The van der Waals surface area contributed by atoms with Crippen molar-refractivity contribution in [2.24, 2.45) is 4.99 Å². The molecule has 0 atom stereocenters. The number of benzene rings is 6. The van der Waals surface area contributed by atoms with Gasteiger partial charge in [-0.2, -0.15) is 0 Å². The lowest BCUT2D eigenvalue weighted by molar-refractivity contribution is 0.304. The molecule has 0 bridgehead atoms. The van der Waals surface area contributed by atoms with E-state index in [0.29, 0.717) is 22.7 Å². The van der Waals surface area contributed by atoms with Gasteiger partial charge in [-0.05, 0) is 224 Å². The minimum Gasteiger partial charge on any atom is -0.494 e. The van der Waals surface area contributed by atoms with Crippen LogP contribution in [-0.4, -0.2) is 44.9 Å². The molecule has 0 fully saturated rings. The van der Waals surface area contributed by atoms with Crippen LogP contribution in [0.4, 0.5) is 8.63 Å². The van der Waals surface area contributed by atoms with E-state index in [1.54, 1.807) is 41.1 Å². The number of hydrogen-bond acceptors (Lipinski definition) is 6. The maximum Gasteiger partial charge on any atom is 0.678 e. The lowest BCUT2D eigenvalue weighted by Crippen LogP contribution is -2.18. The third kappa shape index (κ3) is 18.1. The number of unbranched alkanes of at least 4 members (excludes halogenated alkanes) is 18. The van der Waals surface area contributed by atoms with E-state index in [4.69, 9.17) is 14.5 Å². The predicted octanol–water partition coefficient (Wildman–Crippen LogP) is 27.3. The first-order valence-corrected chi connectivity index (χ1v) is 39.7. The van der Waals surface area contributed by atoms with E-state index >= 15 is 8.63 Å². The van der Waals surface area contributed by atoms with Gasteiger partial charge in [-0.3, -0.25) is 13.6 Å². The molecule has 0 radical (unpaired) electrons. The molecule has 1 aliphatic rings. The topological polar surface area (TPSA) is 58.5 Å². The van der Waals surface area contributed by atoms with E-state index in [1.165, 1.54) is 143 Å². The second kappa shape index (κ2) is 36.2. The Kier molecular flexibility index (Phi) is 25.3. The first-order valence-electron chi connectivity index (χ1n) is 38.0. The van der Waals surface area contributed by atoms with Crippen molar-refractivity contribution in [1.82, 2.24) is 18.6 Å². The van der Waals surface area contributed by atoms with Crippen LogP contribution in [0.15, 0.2) is 217 Å². The summed E-state index contributed by atoms with van der Waals surface area (Å²) in [6, 6.07) is 61.6. The number of para-hydroxylation sites is 2. The van der Waals surface area contributed by atoms with Gasteiger partial charge >= 0.3 is 7.40 Å². The number of rotatable bonds is 37. The third-order valence-corrected chi connectivity index (χ3v) is 22.0. The van der Waals surface area contributed by atoms with Gasteiger partial charge in [-0.1, -0.05) is 190 Å². The maximum atomic E-state index is 15.8. The van der Waals surface area contributed by atoms with Crippen LogP contribution in [0.5, 0.6) is 11.5 Å². The summed E-state index contributed by atoms with van der Waals surface area (Å²) in [5.74, 6) is 1.82. The van der Waals surface area contributed by atoms with E-state index in [0.717, 1.165) is 123 Å². The second-order valence-electron chi connectivity index (χ2n) is 27.7. The van der Waals surface area contributed by atoms with Gasteiger partial charge in [0.25, 0.3) is 0 Å². The predicted molar refractivity (Wildman–Crippen MR) is 445 cm³/mol. The molecule has 7 nitrogen and oxygen atoms in total. The van der Waals surface area contributed by atoms with Gasteiger partial charge in [-0.25, -0.2) is 4.99 Å². The average Bonchev–Trinajstić information content (AvgIpc) is 1.61. The highest BCUT2D eigenvalue weighted by Gasteiger charge is 2.30. The summed E-state index contributed by atoms with van der Waals surface area (Å²) in [7, 11) is -2.83. The maximum absolute atomic E-state index is 15.8. The number of aryl methyl sites for hydroxylation is 1. The molecule has 0 saturated carbocycles. The number of nitrogens with zero attached hydrogens (tertiary/aromatic N) is 5. The number of pyridine rings is 1. The Morgan fingerprint density at radius 3 is 1.32 bits per heavy atom. The van der Waals surface area contributed by atoms with Crippen LogP contribution in [0.25, 0.3) is 103 Å². The Balaban J connectivity index is 0.653. The summed E-state index contributed by atoms with van der Waals surface area (Å²) in [5.41, 5.74) is 14.2. The van der Waals surface area contributed by atoms with Crippen molar-refractivity contribution >= 4 is 128 Å². The molecule has 13 rings (SSSR count). The Labute approximate surface area is 622 Å². The third-order valence-electron chi connectivity index (χ3n) is 20.0. The summed E-state index contributed by atoms with van der Waals surface area (Å²) in [6.07, 6.45) is 48.0. The number of thiophene rings is 2. The van der Waals surface area contributed by atoms with Gasteiger partial charge in [0.2, 0.25) is 0 Å². The van der Waals surface area contributed by atoms with Crippen LogP contribution in [0, 0.1) is 6.92 Å². The van der Waals surface area contributed by atoms with E-state index in [1.807, 2.05) is 56.3 Å². The smallest absolute Gasteiger partial charge is 0.494 e. The van der Waals surface area contributed by atoms with E-state index in [-0.39, 0.29) is 0 Å². The minimum atomic E-state index is -2.83. The number of fused-ring (bicyclic) bond motifs is 6. The quantitative estimate of drug-likeness (QED) is 0.0288. The summed E-state index contributed by atoms with van der Waals surface area (Å²) in [6.45, 7) is 9.94. The molecule has 7 heterocycles. The van der Waals surface area contributed by atoms with Crippen molar-refractivity contribution < 1.29 is 18.1 Å². The highest BCUT2D eigenvalue weighted by atomic mass is 32.1. The highest BCUT2D eigenvalue weighted by Crippen LogP contribution is 2.40. The van der Waals surface area contributed by atoms with Gasteiger partial charge in [-0.15, -0.1) is 22.7 Å². The number of hydrogen-bond donors (Lipinski definition) is 0. The molecule has 530 valence electrons. The Hall–Kier alpha value is -9.62. The van der Waals surface area contributed by atoms with Gasteiger partial charge in [0.1, 0.15) is 11.5 Å². The van der Waals surface area contributed by atoms with Gasteiger partial charge in [0.05, 0.1) is 46.7 Å². The van der Waals surface area contributed by atoms with Crippen LogP contribution >= 0.6 is 22.7 Å². The Bertz CT molecular complexity index is 5070. The molecule has 1 aliphatic heterocycles. The summed E-state index contributed by atoms with van der Waals surface area (Å²) in [5, 5.41) is 4.78. The van der Waals surface area contributed by atoms with Crippen LogP contribution in [0.3, 0.4) is 0 Å². The van der Waals surface area contributed by atoms with E-state index < -0.39 is 7.40 Å². The molecule has 12 heteroatoms. The van der Waals surface area contributed by atoms with Crippen molar-refractivity contribution in [2.45, 2.75) is 156 Å². The lowest BCUT2D eigenvalue weighted by atomic mass is 9.95. The zero-order chi connectivity index (χ0) is 71.4. The van der Waals surface area contributed by atoms with Gasteiger partial charge < -0.3 is 23.1 Å². The monoisotopic (exact) mass is 1420 g/mol. The first-order chi connectivity index (χ1) is 51.2. The number of aromatic nitrogens is 4. The second-order valence-corrected chi connectivity index (χ2v) is 30.0. The fraction of sp³-hybridized carbons (Fsp3) is 0.283. The molecule has 0 saturated heterocycles. The molecule has 6 aromatic carbocycles. The lowest BCUT2D eigenvalue weighted by Gasteiger charge is -2.16. The number of halogens is 2. The number of ether oxygens (including phenoxy) is 2. The molecule has 0 aliphatic carbocycles. The fourth-order valence-corrected chi connectivity index (χ4v) is 16.2. The van der Waals surface area contributed by atoms with Crippen molar-refractivity contribution in [2.75, 3.05) is 13.2 Å². The van der Waals surface area contributed by atoms with Gasteiger partial charge in [0.15, 0.2) is 0 Å². The average molecular weight is 1420 g/mol. The minimum absolute atomic E-state index is 0.401. The SMILES string of the molecule is CCCCCCCCCCCCOc1ccc(-n2c3ccccc3c3cc(/C=C/c4ccc(/C=C/C5=NC(=C(/c6ccncc6)c6c(C)cc(/C=C/c7ccc(/C=C/c8ccc9c(c8)c8ccccc8n9-c8ccc(OCCCCCCCCCCCC)cc8)s7)n6B(F)F)/C(C)=C5)s4)ccc32)cc1. The van der Waals surface area contributed by atoms with Crippen LogP contribution < -0.4 is 9.47 Å². The van der Waals surface area contributed by atoms with Crippen molar-refractivity contribution in [3.63, 3.8) is 0 Å². The summed E-state index contributed by atoms with van der Waals surface area (Å²) < 4.78 is 49.8. The zero-order valence-electron chi connectivity index (χ0n) is 60.9. The standard InChI is InChI=1S/C92H96BF2N5O2S2/c1-5-7-9-11-13-15-17-19-21-27-61-101-76-43-38-73(39-44-76)98-86-31-25-23-29-82(86)84-65-69(35-55-88(84)98)33-47-78-51-53-80(103-78)49-37-72-63-67(3)91(97-72)90(71-57-59-96-60-58-71)92-68(4)64-75(100(92)93(94)95)42-50-81-54-52-79(104-81)48-34-70-36-56-89-85(66-70)83-30-24-26-32-87(83)99(89)74-40-45-77(46-41-74)102-62-28-22-20-18-16-14-12-10-8-6-2/h23-26,29-60,63-66H,5-22,27-28,61-62H2,1-4H3/b47-33+,48-34+,49-37+,50-42+,91-90-. The normalized spacial score (nSPS) is 13.2. The number of aliphatic imine (C=N–C) groups is 1. The molecule has 6 aromatic heterocycles. The molecule has 0 N–H and O–H groups in total. The summed E-state index contributed by atoms with van der Waals surface area (Å²) >= 11 is 3.31. The van der Waals surface area contributed by atoms with Crippen LogP contribution in [-0.2, 0) is 0 Å².